The molecule has 0 aliphatic rings. The highest BCUT2D eigenvalue weighted by Crippen LogP contribution is 2.28. The summed E-state index contributed by atoms with van der Waals surface area (Å²) in [5.41, 5.74) is 0.667. The van der Waals surface area contributed by atoms with Crippen LogP contribution in [0.3, 0.4) is 0 Å². The fraction of sp³-hybridized carbons (Fsp3) is 0.571. The quantitative estimate of drug-likeness (QED) is 0.751. The SMILES string of the molecule is COc1ccc(O)c(C(C)NCCCCC(F)(F)F)c1. The van der Waals surface area contributed by atoms with Crippen molar-refractivity contribution in [1.29, 1.82) is 0 Å². The Morgan fingerprint density at radius 3 is 2.60 bits per heavy atom. The molecule has 0 heterocycles. The number of aromatic hydroxyl groups is 1. The Labute approximate surface area is 116 Å². The van der Waals surface area contributed by atoms with Gasteiger partial charge in [-0.2, -0.15) is 13.2 Å². The first-order chi connectivity index (χ1) is 9.33. The average molecular weight is 291 g/mol. The summed E-state index contributed by atoms with van der Waals surface area (Å²) in [6.07, 6.45) is -4.30. The van der Waals surface area contributed by atoms with Crippen LogP contribution in [0.5, 0.6) is 11.5 Å². The summed E-state index contributed by atoms with van der Waals surface area (Å²) in [4.78, 5) is 0. The fourth-order valence-corrected chi connectivity index (χ4v) is 1.89. The molecule has 0 fully saturated rings. The van der Waals surface area contributed by atoms with Crippen molar-refractivity contribution in [2.75, 3.05) is 13.7 Å². The molecule has 0 amide bonds. The van der Waals surface area contributed by atoms with E-state index in [-0.39, 0.29) is 18.2 Å². The number of hydrogen-bond acceptors (Lipinski definition) is 3. The molecule has 0 saturated heterocycles. The third kappa shape index (κ3) is 5.69. The van der Waals surface area contributed by atoms with Gasteiger partial charge >= 0.3 is 6.18 Å². The normalized spacial score (nSPS) is 13.2. The largest absolute Gasteiger partial charge is 0.508 e. The van der Waals surface area contributed by atoms with Crippen LogP contribution in [0.4, 0.5) is 13.2 Å². The third-order valence-electron chi connectivity index (χ3n) is 3.04. The number of hydrogen-bond donors (Lipinski definition) is 2. The molecule has 1 aromatic rings. The van der Waals surface area contributed by atoms with E-state index >= 15 is 0 Å². The molecule has 0 radical (unpaired) electrons. The minimum Gasteiger partial charge on any atom is -0.508 e. The van der Waals surface area contributed by atoms with Crippen molar-refractivity contribution in [2.24, 2.45) is 0 Å². The molecule has 0 aliphatic heterocycles. The Morgan fingerprint density at radius 2 is 2.00 bits per heavy atom. The van der Waals surface area contributed by atoms with Gasteiger partial charge < -0.3 is 15.2 Å². The molecule has 0 saturated carbocycles. The van der Waals surface area contributed by atoms with Crippen molar-refractivity contribution in [3.8, 4) is 11.5 Å². The molecule has 114 valence electrons. The lowest BCUT2D eigenvalue weighted by atomic mass is 10.1. The number of nitrogens with one attached hydrogen (secondary N) is 1. The summed E-state index contributed by atoms with van der Waals surface area (Å²) in [6, 6.07) is 4.74. The molecule has 20 heavy (non-hydrogen) atoms. The molecule has 1 rings (SSSR count). The summed E-state index contributed by atoms with van der Waals surface area (Å²) >= 11 is 0. The van der Waals surface area contributed by atoms with Crippen molar-refractivity contribution in [2.45, 2.75) is 38.4 Å². The van der Waals surface area contributed by atoms with Gasteiger partial charge in [-0.3, -0.25) is 0 Å². The number of rotatable bonds is 7. The molecule has 0 spiro atoms. The van der Waals surface area contributed by atoms with E-state index in [1.807, 2.05) is 6.92 Å². The first-order valence-corrected chi connectivity index (χ1v) is 6.50. The number of ether oxygens (including phenoxy) is 1. The van der Waals surface area contributed by atoms with Gasteiger partial charge in [0.2, 0.25) is 0 Å². The fourth-order valence-electron chi connectivity index (χ4n) is 1.89. The van der Waals surface area contributed by atoms with E-state index in [0.717, 1.165) is 0 Å². The van der Waals surface area contributed by atoms with E-state index in [2.05, 4.69) is 5.32 Å². The van der Waals surface area contributed by atoms with E-state index in [0.29, 0.717) is 24.3 Å². The zero-order chi connectivity index (χ0) is 15.2. The van der Waals surface area contributed by atoms with E-state index in [9.17, 15) is 18.3 Å². The second-order valence-electron chi connectivity index (χ2n) is 4.67. The molecule has 0 aliphatic carbocycles. The molecule has 2 N–H and O–H groups in total. The lowest BCUT2D eigenvalue weighted by Crippen LogP contribution is -2.20. The van der Waals surface area contributed by atoms with Gasteiger partial charge in [0.15, 0.2) is 0 Å². The monoisotopic (exact) mass is 291 g/mol. The van der Waals surface area contributed by atoms with Gasteiger partial charge in [-0.25, -0.2) is 0 Å². The summed E-state index contributed by atoms with van der Waals surface area (Å²) in [5, 5.41) is 12.9. The number of alkyl halides is 3. The summed E-state index contributed by atoms with van der Waals surface area (Å²) in [7, 11) is 1.53. The molecule has 1 aromatic carbocycles. The van der Waals surface area contributed by atoms with Crippen molar-refractivity contribution < 1.29 is 23.0 Å². The van der Waals surface area contributed by atoms with Gasteiger partial charge in [0.25, 0.3) is 0 Å². The predicted octanol–water partition coefficient (Wildman–Crippen LogP) is 3.78. The minimum absolute atomic E-state index is 0.104. The molecular formula is C14H20F3NO2. The zero-order valence-electron chi connectivity index (χ0n) is 11.6. The maximum absolute atomic E-state index is 12.0. The maximum Gasteiger partial charge on any atom is 0.389 e. The smallest absolute Gasteiger partial charge is 0.389 e. The van der Waals surface area contributed by atoms with Crippen LogP contribution in [0.15, 0.2) is 18.2 Å². The van der Waals surface area contributed by atoms with E-state index in [4.69, 9.17) is 4.74 Å². The van der Waals surface area contributed by atoms with Crippen LogP contribution in [-0.2, 0) is 0 Å². The average Bonchev–Trinajstić information content (AvgIpc) is 2.37. The topological polar surface area (TPSA) is 41.5 Å². The van der Waals surface area contributed by atoms with Crippen LogP contribution < -0.4 is 10.1 Å². The number of halogens is 3. The van der Waals surface area contributed by atoms with Crippen molar-refractivity contribution in [3.05, 3.63) is 23.8 Å². The molecule has 3 nitrogen and oxygen atoms in total. The zero-order valence-corrected chi connectivity index (χ0v) is 11.6. The van der Waals surface area contributed by atoms with Crippen LogP contribution in [0.1, 0.15) is 37.8 Å². The van der Waals surface area contributed by atoms with Gasteiger partial charge in [0.05, 0.1) is 7.11 Å². The predicted molar refractivity (Wildman–Crippen MR) is 71.0 cm³/mol. The number of methoxy groups -OCH3 is 1. The Bertz CT molecular complexity index is 421. The number of benzene rings is 1. The summed E-state index contributed by atoms with van der Waals surface area (Å²) < 4.78 is 41.0. The summed E-state index contributed by atoms with van der Waals surface area (Å²) in [5.74, 6) is 0.768. The first kappa shape index (κ1) is 16.6. The third-order valence-corrected chi connectivity index (χ3v) is 3.04. The number of unbranched alkanes of at least 4 members (excludes halogenated alkanes) is 1. The standard InChI is InChI=1S/C14H20F3NO2/c1-10(18-8-4-3-7-14(15,16)17)12-9-11(20-2)5-6-13(12)19/h5-6,9-10,18-19H,3-4,7-8H2,1-2H3. The van der Waals surface area contributed by atoms with Crippen LogP contribution in [0.25, 0.3) is 0 Å². The number of phenolic OH excluding ortho intramolecular Hbond substituents is 1. The molecule has 0 bridgehead atoms. The van der Waals surface area contributed by atoms with E-state index < -0.39 is 12.6 Å². The Hall–Kier alpha value is -1.43. The Balaban J connectivity index is 2.41. The maximum atomic E-state index is 12.0. The molecule has 0 aromatic heterocycles. The summed E-state index contributed by atoms with van der Waals surface area (Å²) in [6.45, 7) is 2.31. The van der Waals surface area contributed by atoms with E-state index in [1.165, 1.54) is 13.2 Å². The van der Waals surface area contributed by atoms with Gasteiger partial charge in [-0.05, 0) is 44.5 Å². The minimum atomic E-state index is -4.09. The second kappa shape index (κ2) is 7.38. The van der Waals surface area contributed by atoms with Crippen LogP contribution in [0, 0.1) is 0 Å². The van der Waals surface area contributed by atoms with Crippen molar-refractivity contribution >= 4 is 0 Å². The lowest BCUT2D eigenvalue weighted by Gasteiger charge is -2.16. The second-order valence-corrected chi connectivity index (χ2v) is 4.67. The first-order valence-electron chi connectivity index (χ1n) is 6.50. The molecule has 1 unspecified atom stereocenters. The van der Waals surface area contributed by atoms with Crippen LogP contribution in [-0.4, -0.2) is 24.9 Å². The number of phenols is 1. The Morgan fingerprint density at radius 1 is 1.30 bits per heavy atom. The highest BCUT2D eigenvalue weighted by atomic mass is 19.4. The molecular weight excluding hydrogens is 271 g/mol. The van der Waals surface area contributed by atoms with Gasteiger partial charge in [0.1, 0.15) is 11.5 Å². The van der Waals surface area contributed by atoms with Gasteiger partial charge in [-0.15, -0.1) is 0 Å². The lowest BCUT2D eigenvalue weighted by molar-refractivity contribution is -0.135. The van der Waals surface area contributed by atoms with Crippen molar-refractivity contribution in [3.63, 3.8) is 0 Å². The Kier molecular flexibility index (Phi) is 6.13. The van der Waals surface area contributed by atoms with Crippen LogP contribution in [0.2, 0.25) is 0 Å². The van der Waals surface area contributed by atoms with Gasteiger partial charge in [-0.1, -0.05) is 0 Å². The highest BCUT2D eigenvalue weighted by molar-refractivity contribution is 5.41. The van der Waals surface area contributed by atoms with Crippen LogP contribution >= 0.6 is 0 Å². The van der Waals surface area contributed by atoms with Gasteiger partial charge in [0, 0.05) is 18.0 Å². The van der Waals surface area contributed by atoms with Crippen molar-refractivity contribution in [1.82, 2.24) is 5.32 Å². The molecule has 1 atom stereocenters. The van der Waals surface area contributed by atoms with E-state index in [1.54, 1.807) is 12.1 Å². The molecule has 6 heteroatoms. The highest BCUT2D eigenvalue weighted by Gasteiger charge is 2.25.